The molecule has 0 amide bonds. The topological polar surface area (TPSA) is 0 Å². The molecular formula is C30H40SiTi. The molecule has 2 heteroatoms. The fourth-order valence-corrected chi connectivity index (χ4v) is 18.8. The van der Waals surface area contributed by atoms with Gasteiger partial charge in [0.15, 0.2) is 0 Å². The Morgan fingerprint density at radius 3 is 1.59 bits per heavy atom. The molecule has 2 aromatic carbocycles. The first kappa shape index (κ1) is 24.0. The quantitative estimate of drug-likeness (QED) is 0.380. The standard InChI is InChI=1S/C21H25.C7H9.C2H6Si.Ti/c1-20(2,3)16-7-9-18-14(12-16)11-15-13-17(21(4,5)6)8-10-19(15)18;1-6-3-4-7(2)5-6;1-3-2;/h7-13H,1-6H3;3-4,6H,1-2H3;1-2H3;. The van der Waals surface area contributed by atoms with E-state index in [1.807, 2.05) is 3.88 Å². The zero-order valence-corrected chi connectivity index (χ0v) is 24.3. The van der Waals surface area contributed by atoms with E-state index in [2.05, 4.69) is 117 Å². The van der Waals surface area contributed by atoms with Gasteiger partial charge in [-0.15, -0.1) is 0 Å². The van der Waals surface area contributed by atoms with E-state index in [4.69, 9.17) is 0 Å². The molecule has 0 aliphatic heterocycles. The van der Waals surface area contributed by atoms with Crippen molar-refractivity contribution in [3.63, 3.8) is 0 Å². The van der Waals surface area contributed by atoms with Crippen LogP contribution in [-0.4, -0.2) is 6.19 Å². The first-order valence-corrected chi connectivity index (χ1v) is 18.7. The fourth-order valence-electron chi connectivity index (χ4n) is 5.51. The second kappa shape index (κ2) is 8.26. The van der Waals surface area contributed by atoms with Crippen molar-refractivity contribution in [1.29, 1.82) is 0 Å². The average Bonchev–Trinajstić information content (AvgIpc) is 3.18. The third-order valence-electron chi connectivity index (χ3n) is 7.38. The van der Waals surface area contributed by atoms with Gasteiger partial charge in [-0.3, -0.25) is 0 Å². The average molecular weight is 477 g/mol. The molecular weight excluding hydrogens is 436 g/mol. The molecule has 0 bridgehead atoms. The van der Waals surface area contributed by atoms with Gasteiger partial charge in [-0.2, -0.15) is 0 Å². The van der Waals surface area contributed by atoms with Gasteiger partial charge in [0.05, 0.1) is 0 Å². The van der Waals surface area contributed by atoms with E-state index in [-0.39, 0.29) is 10.8 Å². The van der Waals surface area contributed by atoms with Crippen molar-refractivity contribution in [2.24, 2.45) is 5.92 Å². The van der Waals surface area contributed by atoms with Gasteiger partial charge in [0.2, 0.25) is 0 Å². The third-order valence-corrected chi connectivity index (χ3v) is 19.9. The molecule has 168 valence electrons. The zero-order valence-electron chi connectivity index (χ0n) is 21.8. The second-order valence-electron chi connectivity index (χ2n) is 12.2. The van der Waals surface area contributed by atoms with Crippen LogP contribution in [0.3, 0.4) is 0 Å². The van der Waals surface area contributed by atoms with Crippen LogP contribution in [0.25, 0.3) is 11.1 Å². The molecule has 2 aromatic rings. The summed E-state index contributed by atoms with van der Waals surface area (Å²) in [7, 11) is 0. The van der Waals surface area contributed by atoms with Gasteiger partial charge in [0.25, 0.3) is 0 Å². The number of allylic oxidation sites excluding steroid dienone is 4. The number of hydrogen-bond donors (Lipinski definition) is 0. The molecule has 0 saturated carbocycles. The molecule has 2 aliphatic carbocycles. The van der Waals surface area contributed by atoms with Crippen LogP contribution in [0.5, 0.6) is 0 Å². The summed E-state index contributed by atoms with van der Waals surface area (Å²) in [6.45, 7) is 24.1. The summed E-state index contributed by atoms with van der Waals surface area (Å²) in [5.74, 6) is 0.619. The normalized spacial score (nSPS) is 18.2. The van der Waals surface area contributed by atoms with Crippen molar-refractivity contribution in [3.8, 4) is 11.1 Å². The molecule has 0 spiro atoms. The summed E-state index contributed by atoms with van der Waals surface area (Å²) in [6.07, 6.45) is 4.45. The zero-order chi connectivity index (χ0) is 23.6. The number of benzene rings is 2. The van der Waals surface area contributed by atoms with Gasteiger partial charge in [-0.05, 0) is 0 Å². The SMILES string of the molecule is CC1=[C]([Ti]([CH]2c3cc(C(C)(C)C)ccc3-c3ccc(C(C)(C)C)cc32)=[Si](C)C)C(C)C=C1. The number of hydrogen-bond acceptors (Lipinski definition) is 0. The predicted octanol–water partition coefficient (Wildman–Crippen LogP) is 8.70. The van der Waals surface area contributed by atoms with Gasteiger partial charge in [-0.1, -0.05) is 0 Å². The van der Waals surface area contributed by atoms with E-state index < -0.39 is 22.8 Å². The van der Waals surface area contributed by atoms with Gasteiger partial charge in [0, 0.05) is 0 Å². The maximum atomic E-state index is 2.60. The van der Waals surface area contributed by atoms with Crippen LogP contribution in [0.15, 0.2) is 58.0 Å². The first-order chi connectivity index (χ1) is 14.8. The molecule has 0 aromatic heterocycles. The number of fused-ring (bicyclic) bond motifs is 3. The molecule has 0 heterocycles. The Morgan fingerprint density at radius 2 is 1.25 bits per heavy atom. The monoisotopic (exact) mass is 476 g/mol. The van der Waals surface area contributed by atoms with Crippen LogP contribution in [-0.2, 0) is 27.4 Å². The summed E-state index contributed by atoms with van der Waals surface area (Å²) >= 11 is -1.60. The van der Waals surface area contributed by atoms with Crippen LogP contribution in [0.4, 0.5) is 0 Å². The van der Waals surface area contributed by atoms with E-state index >= 15 is 0 Å². The third kappa shape index (κ3) is 4.10. The molecule has 0 N–H and O–H groups in total. The van der Waals surface area contributed by atoms with E-state index in [1.54, 1.807) is 16.7 Å². The second-order valence-corrected chi connectivity index (χ2v) is 24.1. The summed E-state index contributed by atoms with van der Waals surface area (Å²) in [6, 6.07) is 14.8. The van der Waals surface area contributed by atoms with Crippen LogP contribution in [0.1, 0.15) is 81.9 Å². The van der Waals surface area contributed by atoms with Crippen molar-refractivity contribution in [2.45, 2.75) is 83.5 Å². The van der Waals surface area contributed by atoms with Crippen molar-refractivity contribution in [3.05, 3.63) is 80.3 Å². The van der Waals surface area contributed by atoms with Crippen LogP contribution in [0, 0.1) is 5.92 Å². The van der Waals surface area contributed by atoms with E-state index in [0.29, 0.717) is 10.1 Å². The molecule has 2 aliphatic rings. The van der Waals surface area contributed by atoms with Crippen LogP contribution in [0.2, 0.25) is 13.1 Å². The summed E-state index contributed by atoms with van der Waals surface area (Å²) < 4.78 is 2.48. The fraction of sp³-hybridized carbons (Fsp3) is 0.467. The minimum absolute atomic E-state index is 0.175. The maximum absolute atomic E-state index is 2.60. The van der Waals surface area contributed by atoms with E-state index in [9.17, 15) is 0 Å². The Morgan fingerprint density at radius 1 is 0.781 bits per heavy atom. The summed E-state index contributed by atoms with van der Waals surface area (Å²) in [5.41, 5.74) is 11.2. The van der Waals surface area contributed by atoms with Crippen molar-refractivity contribution >= 4 is 6.19 Å². The molecule has 0 radical (unpaired) electrons. The van der Waals surface area contributed by atoms with Crippen molar-refractivity contribution in [1.82, 2.24) is 0 Å². The molecule has 1 unspecified atom stereocenters. The summed E-state index contributed by atoms with van der Waals surface area (Å²) in [5, 5.41) is 0. The Hall–Kier alpha value is -1.15. The predicted molar refractivity (Wildman–Crippen MR) is 140 cm³/mol. The molecule has 0 nitrogen and oxygen atoms in total. The van der Waals surface area contributed by atoms with Crippen LogP contribution < -0.4 is 0 Å². The Kier molecular flexibility index (Phi) is 6.19. The van der Waals surface area contributed by atoms with Crippen molar-refractivity contribution < 1.29 is 16.6 Å². The Bertz CT molecular complexity index is 1110. The van der Waals surface area contributed by atoms with Crippen molar-refractivity contribution in [2.75, 3.05) is 0 Å². The molecule has 1 atom stereocenters. The molecule has 4 rings (SSSR count). The summed E-state index contributed by atoms with van der Waals surface area (Å²) in [4.78, 5) is 0. The van der Waals surface area contributed by atoms with Crippen LogP contribution >= 0.6 is 0 Å². The molecule has 32 heavy (non-hydrogen) atoms. The molecule has 0 fully saturated rings. The number of rotatable bonds is 2. The van der Waals surface area contributed by atoms with Gasteiger partial charge >= 0.3 is 204 Å². The minimum atomic E-state index is -1.60. The first-order valence-electron chi connectivity index (χ1n) is 12.2. The van der Waals surface area contributed by atoms with Gasteiger partial charge in [-0.25, -0.2) is 0 Å². The van der Waals surface area contributed by atoms with Gasteiger partial charge in [0.1, 0.15) is 0 Å². The Labute approximate surface area is 202 Å². The van der Waals surface area contributed by atoms with Gasteiger partial charge < -0.3 is 0 Å². The van der Waals surface area contributed by atoms with E-state index in [0.717, 1.165) is 0 Å². The molecule has 0 saturated heterocycles. The Balaban J connectivity index is 2.03. The van der Waals surface area contributed by atoms with E-state index in [1.165, 1.54) is 22.3 Å².